The number of hydrogen-bond donors (Lipinski definition) is 0. The molecule has 1 heterocycles. The highest BCUT2D eigenvalue weighted by Crippen LogP contribution is 2.30. The maximum atomic E-state index is 13.7. The molecule has 0 aliphatic carbocycles. The van der Waals surface area contributed by atoms with E-state index in [0.29, 0.717) is 5.39 Å². The topological polar surface area (TPSA) is 39.2 Å². The number of aromatic nitrogens is 1. The van der Waals surface area contributed by atoms with Crippen molar-refractivity contribution in [1.29, 1.82) is 0 Å². The van der Waals surface area contributed by atoms with Crippen LogP contribution in [0, 0.1) is 5.82 Å². The Morgan fingerprint density at radius 2 is 2.17 bits per heavy atom. The van der Waals surface area contributed by atoms with Gasteiger partial charge < -0.3 is 4.74 Å². The Labute approximate surface area is 112 Å². The van der Waals surface area contributed by atoms with Gasteiger partial charge in [0.2, 0.25) is 0 Å². The highest BCUT2D eigenvalue weighted by Gasteiger charge is 2.17. The number of fused-ring (bicyclic) bond motifs is 1. The Morgan fingerprint density at radius 3 is 2.83 bits per heavy atom. The van der Waals surface area contributed by atoms with Gasteiger partial charge in [0.05, 0.1) is 22.2 Å². The quantitative estimate of drug-likeness (QED) is 0.788. The van der Waals surface area contributed by atoms with Crippen LogP contribution in [0.15, 0.2) is 18.3 Å². The van der Waals surface area contributed by atoms with Crippen molar-refractivity contribution in [1.82, 2.24) is 4.98 Å². The first-order chi connectivity index (χ1) is 8.56. The minimum Gasteiger partial charge on any atom is -0.462 e. The molecule has 0 fully saturated rings. The molecular weight excluding hydrogens is 280 g/mol. The van der Waals surface area contributed by atoms with Crippen molar-refractivity contribution in [3.63, 3.8) is 0 Å². The molecule has 6 heteroatoms. The molecule has 0 bridgehead atoms. The summed E-state index contributed by atoms with van der Waals surface area (Å²) in [4.78, 5) is 15.5. The predicted octanol–water partition coefficient (Wildman–Crippen LogP) is 3.86. The third-order valence-electron chi connectivity index (χ3n) is 2.36. The fraction of sp³-hybridized carbons (Fsp3) is 0.167. The van der Waals surface area contributed by atoms with E-state index in [1.807, 2.05) is 0 Å². The monoisotopic (exact) mass is 287 g/mol. The molecule has 2 aromatic rings. The zero-order chi connectivity index (χ0) is 13.3. The molecular formula is C12H8Cl2FNO2. The summed E-state index contributed by atoms with van der Waals surface area (Å²) < 4.78 is 18.5. The van der Waals surface area contributed by atoms with Gasteiger partial charge in [-0.05, 0) is 19.1 Å². The van der Waals surface area contributed by atoms with Gasteiger partial charge in [-0.3, -0.25) is 4.98 Å². The zero-order valence-corrected chi connectivity index (χ0v) is 10.8. The molecule has 0 saturated carbocycles. The number of carbonyl (C=O) groups is 1. The molecule has 18 heavy (non-hydrogen) atoms. The molecule has 0 aliphatic rings. The number of rotatable bonds is 2. The predicted molar refractivity (Wildman–Crippen MR) is 67.7 cm³/mol. The van der Waals surface area contributed by atoms with Crippen LogP contribution in [-0.2, 0) is 4.74 Å². The standard InChI is InChI=1S/C12H8Cl2FNO2/c1-2-18-12(17)7-5-16-11-6(9(7)14)3-4-8(13)10(11)15/h3-5H,2H2,1H3. The molecule has 2 rings (SSSR count). The van der Waals surface area contributed by atoms with Gasteiger partial charge in [0.25, 0.3) is 0 Å². The van der Waals surface area contributed by atoms with E-state index in [4.69, 9.17) is 27.9 Å². The van der Waals surface area contributed by atoms with Crippen molar-refractivity contribution in [2.45, 2.75) is 6.92 Å². The molecule has 0 spiro atoms. The van der Waals surface area contributed by atoms with Crippen LogP contribution in [0.2, 0.25) is 10.0 Å². The van der Waals surface area contributed by atoms with Crippen LogP contribution in [0.25, 0.3) is 10.9 Å². The van der Waals surface area contributed by atoms with Crippen LogP contribution < -0.4 is 0 Å². The van der Waals surface area contributed by atoms with E-state index in [9.17, 15) is 9.18 Å². The Hall–Kier alpha value is -1.39. The number of pyridine rings is 1. The van der Waals surface area contributed by atoms with Crippen molar-refractivity contribution in [2.24, 2.45) is 0 Å². The maximum absolute atomic E-state index is 13.7. The van der Waals surface area contributed by atoms with Gasteiger partial charge >= 0.3 is 5.97 Å². The summed E-state index contributed by atoms with van der Waals surface area (Å²) >= 11 is 11.7. The lowest BCUT2D eigenvalue weighted by Crippen LogP contribution is -2.06. The van der Waals surface area contributed by atoms with Gasteiger partial charge in [-0.15, -0.1) is 0 Å². The van der Waals surface area contributed by atoms with Crippen LogP contribution in [0.3, 0.4) is 0 Å². The van der Waals surface area contributed by atoms with Gasteiger partial charge in [-0.2, -0.15) is 0 Å². The average Bonchev–Trinajstić information content (AvgIpc) is 2.34. The van der Waals surface area contributed by atoms with Crippen molar-refractivity contribution in [2.75, 3.05) is 6.61 Å². The van der Waals surface area contributed by atoms with E-state index >= 15 is 0 Å². The summed E-state index contributed by atoms with van der Waals surface area (Å²) in [5.41, 5.74) is 0.133. The third-order valence-corrected chi connectivity index (χ3v) is 3.06. The van der Waals surface area contributed by atoms with Crippen LogP contribution >= 0.6 is 23.2 Å². The van der Waals surface area contributed by atoms with Crippen LogP contribution in [0.5, 0.6) is 0 Å². The molecule has 0 N–H and O–H groups in total. The first-order valence-corrected chi connectivity index (χ1v) is 5.91. The van der Waals surface area contributed by atoms with E-state index in [0.717, 1.165) is 0 Å². The Morgan fingerprint density at radius 1 is 1.44 bits per heavy atom. The third kappa shape index (κ3) is 2.13. The first kappa shape index (κ1) is 13.1. The van der Waals surface area contributed by atoms with E-state index in [1.54, 1.807) is 6.92 Å². The highest BCUT2D eigenvalue weighted by atomic mass is 35.5. The summed E-state index contributed by atoms with van der Waals surface area (Å²) in [6.45, 7) is 1.90. The lowest BCUT2D eigenvalue weighted by Gasteiger charge is -2.07. The van der Waals surface area contributed by atoms with Crippen molar-refractivity contribution >= 4 is 40.1 Å². The van der Waals surface area contributed by atoms with E-state index in [1.165, 1.54) is 18.3 Å². The van der Waals surface area contributed by atoms with Crippen molar-refractivity contribution in [3.8, 4) is 0 Å². The summed E-state index contributed by atoms with van der Waals surface area (Å²) in [6.07, 6.45) is 1.18. The average molecular weight is 288 g/mol. The number of hydrogen-bond acceptors (Lipinski definition) is 3. The zero-order valence-electron chi connectivity index (χ0n) is 9.34. The van der Waals surface area contributed by atoms with Gasteiger partial charge in [0, 0.05) is 11.6 Å². The normalized spacial score (nSPS) is 10.7. The molecule has 1 aromatic carbocycles. The van der Waals surface area contributed by atoms with Crippen molar-refractivity contribution in [3.05, 3.63) is 39.8 Å². The van der Waals surface area contributed by atoms with Gasteiger partial charge in [0.15, 0.2) is 5.82 Å². The van der Waals surface area contributed by atoms with E-state index in [-0.39, 0.29) is 27.7 Å². The highest BCUT2D eigenvalue weighted by molar-refractivity contribution is 6.38. The van der Waals surface area contributed by atoms with E-state index in [2.05, 4.69) is 4.98 Å². The summed E-state index contributed by atoms with van der Waals surface area (Å²) in [6, 6.07) is 2.88. The second-order valence-electron chi connectivity index (χ2n) is 3.46. The van der Waals surface area contributed by atoms with Crippen LogP contribution in [-0.4, -0.2) is 17.6 Å². The maximum Gasteiger partial charge on any atom is 0.341 e. The Balaban J connectivity index is 2.65. The molecule has 1 aromatic heterocycles. The Bertz CT molecular complexity index is 631. The SMILES string of the molecule is CCOC(=O)c1cnc2c(F)c(Cl)ccc2c1Cl. The summed E-state index contributed by atoms with van der Waals surface area (Å²) in [7, 11) is 0. The molecule has 94 valence electrons. The minimum atomic E-state index is -0.661. The number of nitrogens with zero attached hydrogens (tertiary/aromatic N) is 1. The van der Waals surface area contributed by atoms with E-state index < -0.39 is 11.8 Å². The second-order valence-corrected chi connectivity index (χ2v) is 4.25. The molecule has 0 saturated heterocycles. The number of benzene rings is 1. The van der Waals surface area contributed by atoms with Gasteiger partial charge in [-0.1, -0.05) is 23.2 Å². The Kier molecular flexibility index (Phi) is 3.68. The van der Waals surface area contributed by atoms with Gasteiger partial charge in [-0.25, -0.2) is 9.18 Å². The number of halogens is 3. The largest absolute Gasteiger partial charge is 0.462 e. The number of carbonyl (C=O) groups excluding carboxylic acids is 1. The second kappa shape index (κ2) is 5.08. The van der Waals surface area contributed by atoms with Crippen molar-refractivity contribution < 1.29 is 13.9 Å². The minimum absolute atomic E-state index is 0.0283. The van der Waals surface area contributed by atoms with Gasteiger partial charge in [0.1, 0.15) is 5.52 Å². The number of esters is 1. The fourth-order valence-electron chi connectivity index (χ4n) is 1.53. The molecule has 0 aliphatic heterocycles. The lowest BCUT2D eigenvalue weighted by atomic mass is 10.1. The number of ether oxygens (including phenoxy) is 1. The molecule has 3 nitrogen and oxygen atoms in total. The molecule has 0 unspecified atom stereocenters. The fourth-order valence-corrected chi connectivity index (χ4v) is 1.96. The first-order valence-electron chi connectivity index (χ1n) is 5.15. The summed E-state index contributed by atoms with van der Waals surface area (Å²) in [5.74, 6) is -1.25. The van der Waals surface area contributed by atoms with Crippen LogP contribution in [0.1, 0.15) is 17.3 Å². The summed E-state index contributed by atoms with van der Waals surface area (Å²) in [5, 5.41) is 0.382. The molecule has 0 atom stereocenters. The molecule has 0 amide bonds. The van der Waals surface area contributed by atoms with Crippen LogP contribution in [0.4, 0.5) is 4.39 Å². The lowest BCUT2D eigenvalue weighted by molar-refractivity contribution is 0.0526. The molecule has 0 radical (unpaired) electrons. The smallest absolute Gasteiger partial charge is 0.341 e.